The molecule has 13 heavy (non-hydrogen) atoms. The molecule has 0 N–H and O–H groups in total. The summed E-state index contributed by atoms with van der Waals surface area (Å²) in [5.74, 6) is 0.583. The molecule has 0 aromatic rings. The van der Waals surface area contributed by atoms with Crippen molar-refractivity contribution in [1.82, 2.24) is 4.90 Å². The van der Waals surface area contributed by atoms with Gasteiger partial charge in [0.1, 0.15) is 0 Å². The lowest BCUT2D eigenvalue weighted by Crippen LogP contribution is -2.24. The van der Waals surface area contributed by atoms with Crippen molar-refractivity contribution in [3.63, 3.8) is 0 Å². The van der Waals surface area contributed by atoms with Crippen molar-refractivity contribution >= 4 is 5.78 Å². The Labute approximate surface area is 79.6 Å². The van der Waals surface area contributed by atoms with Crippen LogP contribution in [-0.4, -0.2) is 23.8 Å². The van der Waals surface area contributed by atoms with E-state index >= 15 is 0 Å². The van der Waals surface area contributed by atoms with Crippen molar-refractivity contribution in [2.24, 2.45) is 5.92 Å². The zero-order valence-corrected chi connectivity index (χ0v) is 8.25. The third-order valence-electron chi connectivity index (χ3n) is 3.14. The molecule has 1 aliphatic carbocycles. The minimum atomic E-state index is 0.256. The molecule has 0 radical (unpaired) electrons. The Morgan fingerprint density at radius 3 is 2.69 bits per heavy atom. The van der Waals surface area contributed by atoms with Gasteiger partial charge in [-0.05, 0) is 25.7 Å². The van der Waals surface area contributed by atoms with Gasteiger partial charge in [-0.25, -0.2) is 0 Å². The predicted molar refractivity (Wildman–Crippen MR) is 52.3 cm³/mol. The minimum Gasteiger partial charge on any atom is -0.375 e. The van der Waals surface area contributed by atoms with Crippen LogP contribution >= 0.6 is 0 Å². The molecular weight excluding hydrogens is 162 g/mol. The second-order valence-electron chi connectivity index (χ2n) is 4.17. The standard InChI is InChI=1S/C11H17NO/c1-9-4-5-10(8-11(9)13)12-6-2-3-7-12/h8-9H,2-7H2,1H3. The van der Waals surface area contributed by atoms with E-state index in [2.05, 4.69) is 4.90 Å². The van der Waals surface area contributed by atoms with Crippen LogP contribution in [0.2, 0.25) is 0 Å². The average Bonchev–Trinajstić information content (AvgIpc) is 2.62. The Hall–Kier alpha value is -0.790. The van der Waals surface area contributed by atoms with Gasteiger partial charge in [0.15, 0.2) is 5.78 Å². The van der Waals surface area contributed by atoms with Crippen molar-refractivity contribution in [3.05, 3.63) is 11.8 Å². The van der Waals surface area contributed by atoms with E-state index in [0.717, 1.165) is 25.9 Å². The number of carbonyl (C=O) groups excluding carboxylic acids is 1. The molecule has 1 aliphatic heterocycles. The smallest absolute Gasteiger partial charge is 0.160 e. The molecular formula is C11H17NO. The van der Waals surface area contributed by atoms with Gasteiger partial charge in [0, 0.05) is 30.8 Å². The molecule has 72 valence electrons. The van der Waals surface area contributed by atoms with E-state index in [1.807, 2.05) is 13.0 Å². The Balaban J connectivity index is 2.07. The van der Waals surface area contributed by atoms with Crippen molar-refractivity contribution in [2.75, 3.05) is 13.1 Å². The summed E-state index contributed by atoms with van der Waals surface area (Å²) in [7, 11) is 0. The Morgan fingerprint density at radius 1 is 1.38 bits per heavy atom. The van der Waals surface area contributed by atoms with E-state index in [1.54, 1.807) is 0 Å². The first-order valence-electron chi connectivity index (χ1n) is 5.27. The van der Waals surface area contributed by atoms with E-state index in [1.165, 1.54) is 18.5 Å². The van der Waals surface area contributed by atoms with E-state index in [9.17, 15) is 4.79 Å². The second-order valence-corrected chi connectivity index (χ2v) is 4.17. The molecule has 1 atom stereocenters. The van der Waals surface area contributed by atoms with Crippen LogP contribution in [0.1, 0.15) is 32.6 Å². The normalized spacial score (nSPS) is 29.3. The summed E-state index contributed by atoms with van der Waals surface area (Å²) in [6.07, 6.45) is 6.61. The van der Waals surface area contributed by atoms with Crippen molar-refractivity contribution in [2.45, 2.75) is 32.6 Å². The molecule has 0 bridgehead atoms. The van der Waals surface area contributed by atoms with Gasteiger partial charge in [0.2, 0.25) is 0 Å². The number of carbonyl (C=O) groups is 1. The van der Waals surface area contributed by atoms with Crippen molar-refractivity contribution < 1.29 is 4.79 Å². The number of ketones is 1. The zero-order valence-electron chi connectivity index (χ0n) is 8.25. The monoisotopic (exact) mass is 179 g/mol. The molecule has 2 rings (SSSR count). The van der Waals surface area contributed by atoms with E-state index < -0.39 is 0 Å². The molecule has 0 aromatic heterocycles. The van der Waals surface area contributed by atoms with Crippen LogP contribution in [0.3, 0.4) is 0 Å². The highest BCUT2D eigenvalue weighted by atomic mass is 16.1. The number of rotatable bonds is 1. The molecule has 1 saturated heterocycles. The van der Waals surface area contributed by atoms with E-state index in [4.69, 9.17) is 0 Å². The summed E-state index contributed by atoms with van der Waals surface area (Å²) in [6.45, 7) is 4.35. The van der Waals surface area contributed by atoms with Crippen LogP contribution in [0.5, 0.6) is 0 Å². The summed E-state index contributed by atoms with van der Waals surface area (Å²) in [5.41, 5.74) is 1.29. The lowest BCUT2D eigenvalue weighted by molar-refractivity contribution is -0.118. The van der Waals surface area contributed by atoms with Crippen LogP contribution in [0.25, 0.3) is 0 Å². The van der Waals surface area contributed by atoms with Gasteiger partial charge in [-0.2, -0.15) is 0 Å². The summed E-state index contributed by atoms with van der Waals surface area (Å²) < 4.78 is 0. The molecule has 0 amide bonds. The fourth-order valence-corrected chi connectivity index (χ4v) is 2.14. The Kier molecular flexibility index (Phi) is 2.38. The molecule has 2 aliphatic rings. The quantitative estimate of drug-likeness (QED) is 0.613. The van der Waals surface area contributed by atoms with Gasteiger partial charge >= 0.3 is 0 Å². The lowest BCUT2D eigenvalue weighted by Gasteiger charge is -2.26. The zero-order chi connectivity index (χ0) is 9.26. The van der Waals surface area contributed by atoms with Gasteiger partial charge in [-0.3, -0.25) is 4.79 Å². The molecule has 2 heteroatoms. The number of allylic oxidation sites excluding steroid dienone is 2. The van der Waals surface area contributed by atoms with Crippen molar-refractivity contribution in [1.29, 1.82) is 0 Å². The molecule has 0 saturated carbocycles. The van der Waals surface area contributed by atoms with Gasteiger partial charge in [0.25, 0.3) is 0 Å². The third kappa shape index (κ3) is 1.77. The number of nitrogens with zero attached hydrogens (tertiary/aromatic N) is 1. The topological polar surface area (TPSA) is 20.3 Å². The third-order valence-corrected chi connectivity index (χ3v) is 3.14. The molecule has 1 heterocycles. The minimum absolute atomic E-state index is 0.256. The summed E-state index contributed by atoms with van der Waals surface area (Å²) in [5, 5.41) is 0. The number of hydrogen-bond donors (Lipinski definition) is 0. The van der Waals surface area contributed by atoms with Gasteiger partial charge < -0.3 is 4.90 Å². The van der Waals surface area contributed by atoms with Crippen LogP contribution in [0.15, 0.2) is 11.8 Å². The number of likely N-dealkylation sites (tertiary alicyclic amines) is 1. The second kappa shape index (κ2) is 3.52. The summed E-state index contributed by atoms with van der Waals surface area (Å²) in [4.78, 5) is 13.8. The largest absolute Gasteiger partial charge is 0.375 e. The predicted octanol–water partition coefficient (Wildman–Crippen LogP) is 1.97. The van der Waals surface area contributed by atoms with Gasteiger partial charge in [-0.15, -0.1) is 0 Å². The first kappa shape index (κ1) is 8.79. The fourth-order valence-electron chi connectivity index (χ4n) is 2.14. The van der Waals surface area contributed by atoms with E-state index in [0.29, 0.717) is 5.78 Å². The maximum absolute atomic E-state index is 11.5. The number of hydrogen-bond acceptors (Lipinski definition) is 2. The molecule has 1 fully saturated rings. The molecule has 0 spiro atoms. The van der Waals surface area contributed by atoms with Crippen LogP contribution in [-0.2, 0) is 4.79 Å². The lowest BCUT2D eigenvalue weighted by atomic mass is 9.92. The highest BCUT2D eigenvalue weighted by Crippen LogP contribution is 2.25. The maximum Gasteiger partial charge on any atom is 0.160 e. The highest BCUT2D eigenvalue weighted by Gasteiger charge is 2.22. The van der Waals surface area contributed by atoms with Crippen LogP contribution < -0.4 is 0 Å². The Morgan fingerprint density at radius 2 is 2.08 bits per heavy atom. The SMILES string of the molecule is CC1CCC(N2CCCC2)=CC1=O. The average molecular weight is 179 g/mol. The first-order chi connectivity index (χ1) is 6.27. The van der Waals surface area contributed by atoms with Crippen LogP contribution in [0, 0.1) is 5.92 Å². The van der Waals surface area contributed by atoms with Crippen LogP contribution in [0.4, 0.5) is 0 Å². The van der Waals surface area contributed by atoms with Gasteiger partial charge in [0.05, 0.1) is 0 Å². The fraction of sp³-hybridized carbons (Fsp3) is 0.727. The molecule has 2 nitrogen and oxygen atoms in total. The van der Waals surface area contributed by atoms with E-state index in [-0.39, 0.29) is 5.92 Å². The van der Waals surface area contributed by atoms with Crippen molar-refractivity contribution in [3.8, 4) is 0 Å². The summed E-state index contributed by atoms with van der Waals surface area (Å²) in [6, 6.07) is 0. The Bertz CT molecular complexity index is 238. The molecule has 0 aromatic carbocycles. The van der Waals surface area contributed by atoms with Gasteiger partial charge in [-0.1, -0.05) is 6.92 Å². The highest BCUT2D eigenvalue weighted by molar-refractivity contribution is 5.92. The summed E-state index contributed by atoms with van der Waals surface area (Å²) >= 11 is 0. The first-order valence-corrected chi connectivity index (χ1v) is 5.27. The molecule has 1 unspecified atom stereocenters. The maximum atomic E-state index is 11.5.